The molecule has 0 fully saturated rings. The third-order valence-corrected chi connectivity index (χ3v) is 4.06. The molecule has 2 N–H and O–H groups in total. The lowest BCUT2D eigenvalue weighted by Gasteiger charge is -2.23. The van der Waals surface area contributed by atoms with Crippen LogP contribution in [0.3, 0.4) is 0 Å². The van der Waals surface area contributed by atoms with Crippen LogP contribution >= 0.6 is 0 Å². The van der Waals surface area contributed by atoms with E-state index in [1.807, 2.05) is 17.7 Å². The van der Waals surface area contributed by atoms with Crippen molar-refractivity contribution in [2.24, 2.45) is 7.05 Å². The summed E-state index contributed by atoms with van der Waals surface area (Å²) < 4.78 is 13.4. The van der Waals surface area contributed by atoms with Crippen LogP contribution in [0.2, 0.25) is 0 Å². The van der Waals surface area contributed by atoms with Gasteiger partial charge in [-0.05, 0) is 26.0 Å². The summed E-state index contributed by atoms with van der Waals surface area (Å²) in [5, 5.41) is 20.8. The highest BCUT2D eigenvalue weighted by atomic mass is 16.5. The Morgan fingerprint density at radius 3 is 2.71 bits per heavy atom. The van der Waals surface area contributed by atoms with Crippen molar-refractivity contribution in [2.45, 2.75) is 32.0 Å². The van der Waals surface area contributed by atoms with Crippen molar-refractivity contribution in [3.63, 3.8) is 0 Å². The topological polar surface area (TPSA) is 62.8 Å². The highest BCUT2D eigenvalue weighted by Crippen LogP contribution is 2.41. The predicted molar refractivity (Wildman–Crippen MR) is 77.8 cm³/mol. The number of rotatable bonds is 2. The molecule has 2 heterocycles. The molecule has 0 spiro atoms. The van der Waals surface area contributed by atoms with E-state index in [1.165, 1.54) is 0 Å². The van der Waals surface area contributed by atoms with Gasteiger partial charge in [-0.1, -0.05) is 0 Å². The van der Waals surface area contributed by atoms with Crippen LogP contribution in [0.1, 0.15) is 19.4 Å². The van der Waals surface area contributed by atoms with Crippen molar-refractivity contribution in [2.75, 3.05) is 7.11 Å². The van der Waals surface area contributed by atoms with Gasteiger partial charge in [-0.25, -0.2) is 0 Å². The summed E-state index contributed by atoms with van der Waals surface area (Å²) in [7, 11) is 3.51. The molecule has 21 heavy (non-hydrogen) atoms. The first-order chi connectivity index (χ1) is 9.82. The summed E-state index contributed by atoms with van der Waals surface area (Å²) in [6, 6.07) is 5.15. The molecule has 3 rings (SSSR count). The van der Waals surface area contributed by atoms with Crippen LogP contribution in [-0.2, 0) is 13.5 Å². The number of phenols is 1. The Morgan fingerprint density at radius 1 is 1.38 bits per heavy atom. The van der Waals surface area contributed by atoms with Gasteiger partial charge >= 0.3 is 5.88 Å². The Hall–Kier alpha value is -2.01. The monoisotopic (exact) mass is 290 g/mol. The van der Waals surface area contributed by atoms with Crippen molar-refractivity contribution in [3.8, 4) is 17.4 Å². The number of aryl methyl sites for hydroxylation is 1. The van der Waals surface area contributed by atoms with E-state index in [9.17, 15) is 10.2 Å². The summed E-state index contributed by atoms with van der Waals surface area (Å²) in [6.07, 6.45) is 0.250. The van der Waals surface area contributed by atoms with E-state index in [1.54, 1.807) is 33.1 Å². The third kappa shape index (κ3) is 2.08. The van der Waals surface area contributed by atoms with Crippen LogP contribution in [0.25, 0.3) is 10.9 Å². The van der Waals surface area contributed by atoms with Gasteiger partial charge in [0.25, 0.3) is 0 Å². The zero-order chi connectivity index (χ0) is 15.4. The number of aliphatic hydroxyl groups is 1. The molecule has 5 heteroatoms. The minimum Gasteiger partial charge on any atom is -0.508 e. The molecule has 1 aromatic carbocycles. The van der Waals surface area contributed by atoms with E-state index in [0.717, 1.165) is 16.5 Å². The Kier molecular flexibility index (Phi) is 2.99. The zero-order valence-electron chi connectivity index (χ0n) is 12.7. The number of methoxy groups -OCH3 is 1. The molecule has 1 aromatic heterocycles. The summed E-state index contributed by atoms with van der Waals surface area (Å²) in [5.41, 5.74) is 0.885. The van der Waals surface area contributed by atoms with Crippen LogP contribution in [0.5, 0.6) is 17.4 Å². The fourth-order valence-corrected chi connectivity index (χ4v) is 2.89. The van der Waals surface area contributed by atoms with Gasteiger partial charge in [-0.2, -0.15) is 4.57 Å². The number of benzene rings is 1. The van der Waals surface area contributed by atoms with Crippen molar-refractivity contribution in [1.29, 1.82) is 0 Å². The summed E-state index contributed by atoms with van der Waals surface area (Å²) in [4.78, 5) is 0. The van der Waals surface area contributed by atoms with E-state index >= 15 is 0 Å². The zero-order valence-corrected chi connectivity index (χ0v) is 12.7. The highest BCUT2D eigenvalue weighted by molar-refractivity contribution is 5.86. The quantitative estimate of drug-likeness (QED) is 0.822. The van der Waals surface area contributed by atoms with Gasteiger partial charge in [0.1, 0.15) is 30.2 Å². The third-order valence-electron chi connectivity index (χ3n) is 4.06. The maximum absolute atomic E-state index is 10.2. The predicted octanol–water partition coefficient (Wildman–Crippen LogP) is 1.45. The number of phenolic OH excluding ortho intramolecular Hbond substituents is 1. The van der Waals surface area contributed by atoms with E-state index in [0.29, 0.717) is 18.1 Å². The van der Waals surface area contributed by atoms with Gasteiger partial charge in [0, 0.05) is 12.5 Å². The molecular formula is C16H20NO4+. The minimum atomic E-state index is -0.939. The lowest BCUT2D eigenvalue weighted by atomic mass is 9.96. The Morgan fingerprint density at radius 2 is 2.10 bits per heavy atom. The maximum Gasteiger partial charge on any atom is 0.375 e. The Labute approximate surface area is 123 Å². The van der Waals surface area contributed by atoms with Crippen molar-refractivity contribution < 1.29 is 24.3 Å². The summed E-state index contributed by atoms with van der Waals surface area (Å²) >= 11 is 0. The highest BCUT2D eigenvalue weighted by Gasteiger charge is 2.42. The van der Waals surface area contributed by atoms with E-state index in [-0.39, 0.29) is 11.9 Å². The molecule has 5 nitrogen and oxygen atoms in total. The van der Waals surface area contributed by atoms with Crippen molar-refractivity contribution in [3.05, 3.63) is 23.8 Å². The summed E-state index contributed by atoms with van der Waals surface area (Å²) in [6.45, 7) is 3.48. The van der Waals surface area contributed by atoms with Crippen molar-refractivity contribution in [1.82, 2.24) is 0 Å². The minimum absolute atomic E-state index is 0.193. The second-order valence-electron chi connectivity index (χ2n) is 6.04. The molecule has 1 aliphatic heterocycles. The second-order valence-corrected chi connectivity index (χ2v) is 6.04. The first-order valence-corrected chi connectivity index (χ1v) is 6.93. The number of hydrogen-bond acceptors (Lipinski definition) is 4. The first-order valence-electron chi connectivity index (χ1n) is 6.93. The molecule has 1 aliphatic rings. The van der Waals surface area contributed by atoms with Crippen LogP contribution in [0, 0.1) is 0 Å². The van der Waals surface area contributed by atoms with Crippen LogP contribution in [-0.4, -0.2) is 29.0 Å². The number of fused-ring (bicyclic) bond motifs is 2. The second kappa shape index (κ2) is 4.49. The molecule has 0 saturated heterocycles. The largest absolute Gasteiger partial charge is 0.508 e. The SMILES string of the molecule is COc1c2c([n+](C)c3ccc(O)cc13)OC(C(C)(C)O)C2. The Balaban J connectivity index is 2.27. The molecular weight excluding hydrogens is 270 g/mol. The molecule has 0 radical (unpaired) electrons. The molecule has 0 aliphatic carbocycles. The molecule has 0 bridgehead atoms. The molecule has 0 amide bonds. The molecule has 1 atom stereocenters. The van der Waals surface area contributed by atoms with Crippen LogP contribution < -0.4 is 14.0 Å². The number of aromatic hydroxyl groups is 1. The van der Waals surface area contributed by atoms with Gasteiger partial charge in [0.05, 0.1) is 18.1 Å². The maximum atomic E-state index is 10.2. The van der Waals surface area contributed by atoms with E-state index < -0.39 is 5.60 Å². The van der Waals surface area contributed by atoms with Gasteiger partial charge in [0.2, 0.25) is 5.52 Å². The first kappa shape index (κ1) is 13.9. The lowest BCUT2D eigenvalue weighted by Crippen LogP contribution is -2.41. The number of hydrogen-bond donors (Lipinski definition) is 2. The fraction of sp³-hybridized carbons (Fsp3) is 0.438. The van der Waals surface area contributed by atoms with Crippen LogP contribution in [0.4, 0.5) is 0 Å². The van der Waals surface area contributed by atoms with Gasteiger partial charge in [-0.3, -0.25) is 0 Å². The summed E-state index contributed by atoms with van der Waals surface area (Å²) in [5.74, 6) is 1.59. The average molecular weight is 290 g/mol. The molecule has 1 unspecified atom stereocenters. The fourth-order valence-electron chi connectivity index (χ4n) is 2.89. The molecule has 0 saturated carbocycles. The van der Waals surface area contributed by atoms with Crippen LogP contribution in [0.15, 0.2) is 18.2 Å². The average Bonchev–Trinajstić information content (AvgIpc) is 2.84. The lowest BCUT2D eigenvalue weighted by molar-refractivity contribution is -0.651. The smallest absolute Gasteiger partial charge is 0.375 e. The normalized spacial score (nSPS) is 17.7. The number of nitrogens with zero attached hydrogens (tertiary/aromatic N) is 1. The van der Waals surface area contributed by atoms with Gasteiger partial charge in [-0.15, -0.1) is 0 Å². The molecule has 2 aromatic rings. The van der Waals surface area contributed by atoms with Gasteiger partial charge in [0.15, 0.2) is 0 Å². The number of aromatic nitrogens is 1. The molecule has 112 valence electrons. The van der Waals surface area contributed by atoms with Crippen molar-refractivity contribution >= 4 is 10.9 Å². The number of ether oxygens (including phenoxy) is 2. The number of pyridine rings is 1. The van der Waals surface area contributed by atoms with E-state index in [2.05, 4.69) is 0 Å². The van der Waals surface area contributed by atoms with Gasteiger partial charge < -0.3 is 19.7 Å². The van der Waals surface area contributed by atoms with E-state index in [4.69, 9.17) is 9.47 Å². The Bertz CT molecular complexity index is 719. The standard InChI is InChI=1S/C16H19NO4/c1-16(2,19)13-8-11-14(20-4)10-7-9(18)5-6-12(10)17(3)15(11)21-13/h5-7,13,19H,8H2,1-4H3/p+1.